The Morgan fingerprint density at radius 3 is 2.80 bits per heavy atom. The normalized spacial score (nSPS) is 25.7. The van der Waals surface area contributed by atoms with Gasteiger partial charge in [0.25, 0.3) is 5.91 Å². The molecule has 6 heteroatoms. The number of carbonyl (C=O) groups excluding carboxylic acids is 1. The van der Waals surface area contributed by atoms with E-state index < -0.39 is 6.10 Å². The molecule has 0 saturated heterocycles. The minimum absolute atomic E-state index is 0.0287. The molecule has 0 bridgehead atoms. The maximum atomic E-state index is 11.7. The molecule has 1 aliphatic rings. The number of hydrogen-bond donors (Lipinski definition) is 3. The molecule has 0 aliphatic carbocycles. The first kappa shape index (κ1) is 11.2. The third-order valence-corrected chi connectivity index (χ3v) is 4.40. The molecule has 82 valence electrons. The van der Waals surface area contributed by atoms with Gasteiger partial charge in [-0.2, -0.15) is 0 Å². The summed E-state index contributed by atoms with van der Waals surface area (Å²) >= 11 is 6.62. The van der Waals surface area contributed by atoms with Gasteiger partial charge < -0.3 is 15.4 Å². The van der Waals surface area contributed by atoms with Crippen LogP contribution in [0.1, 0.15) is 35.5 Å². The summed E-state index contributed by atoms with van der Waals surface area (Å²) in [5.41, 5.74) is 1.05. The highest BCUT2D eigenvalue weighted by molar-refractivity contribution is 9.13. The number of aliphatic hydroxyl groups excluding tert-OH is 1. The van der Waals surface area contributed by atoms with Crippen molar-refractivity contribution in [3.8, 4) is 0 Å². The van der Waals surface area contributed by atoms with Crippen LogP contribution >= 0.6 is 31.9 Å². The van der Waals surface area contributed by atoms with E-state index in [0.717, 1.165) is 0 Å². The Kier molecular flexibility index (Phi) is 2.92. The Bertz CT molecular complexity index is 416. The van der Waals surface area contributed by atoms with E-state index in [1.807, 2.05) is 6.92 Å². The molecule has 15 heavy (non-hydrogen) atoms. The Balaban J connectivity index is 2.55. The molecule has 1 aliphatic heterocycles. The number of fused-ring (bicyclic) bond motifs is 1. The second-order valence-electron chi connectivity index (χ2n) is 3.67. The van der Waals surface area contributed by atoms with E-state index in [1.54, 1.807) is 0 Å². The SMILES string of the molecule is CC1CC(O)c2c([nH]c(Br)c2Br)C(=O)N1. The van der Waals surface area contributed by atoms with E-state index in [4.69, 9.17) is 0 Å². The van der Waals surface area contributed by atoms with Crippen molar-refractivity contribution >= 4 is 37.8 Å². The Hall–Kier alpha value is -0.330. The standard InChI is InChI=1S/C9H10Br2N2O2/c1-3-2-4(14)5-6(10)8(11)13-7(5)9(15)12-3/h3-4,13-14H,2H2,1H3,(H,12,15). The summed E-state index contributed by atoms with van der Waals surface area (Å²) in [5.74, 6) is -0.180. The summed E-state index contributed by atoms with van der Waals surface area (Å²) in [6, 6.07) is -0.0287. The number of rotatable bonds is 0. The third-order valence-electron chi connectivity index (χ3n) is 2.45. The van der Waals surface area contributed by atoms with Crippen molar-refractivity contribution in [2.24, 2.45) is 0 Å². The van der Waals surface area contributed by atoms with Crippen LogP contribution in [0.2, 0.25) is 0 Å². The van der Waals surface area contributed by atoms with Gasteiger partial charge in [-0.25, -0.2) is 0 Å². The van der Waals surface area contributed by atoms with Crippen molar-refractivity contribution in [1.82, 2.24) is 10.3 Å². The second-order valence-corrected chi connectivity index (χ2v) is 5.25. The minimum Gasteiger partial charge on any atom is -0.388 e. The fourth-order valence-electron chi connectivity index (χ4n) is 1.76. The summed E-state index contributed by atoms with van der Waals surface area (Å²) < 4.78 is 1.39. The summed E-state index contributed by atoms with van der Waals surface area (Å²) in [7, 11) is 0. The van der Waals surface area contributed by atoms with Crippen molar-refractivity contribution in [2.45, 2.75) is 25.5 Å². The molecule has 4 nitrogen and oxygen atoms in total. The van der Waals surface area contributed by atoms with Gasteiger partial charge in [-0.1, -0.05) is 0 Å². The smallest absolute Gasteiger partial charge is 0.268 e. The first-order chi connectivity index (χ1) is 7.00. The highest BCUT2D eigenvalue weighted by atomic mass is 79.9. The van der Waals surface area contributed by atoms with Gasteiger partial charge in [0.05, 0.1) is 15.2 Å². The summed E-state index contributed by atoms with van der Waals surface area (Å²) in [6.45, 7) is 1.87. The van der Waals surface area contributed by atoms with Gasteiger partial charge in [-0.3, -0.25) is 4.79 Å². The third kappa shape index (κ3) is 1.86. The maximum absolute atomic E-state index is 11.7. The van der Waals surface area contributed by atoms with E-state index in [0.29, 0.717) is 26.8 Å². The number of H-pyrrole nitrogens is 1. The number of hydrogen-bond acceptors (Lipinski definition) is 2. The van der Waals surface area contributed by atoms with E-state index >= 15 is 0 Å². The van der Waals surface area contributed by atoms with Crippen LogP contribution in [-0.4, -0.2) is 22.0 Å². The van der Waals surface area contributed by atoms with Crippen LogP contribution in [0.4, 0.5) is 0 Å². The fraction of sp³-hybridized carbons (Fsp3) is 0.444. The van der Waals surface area contributed by atoms with Crippen LogP contribution in [-0.2, 0) is 0 Å². The molecule has 0 spiro atoms. The average molecular weight is 338 g/mol. The van der Waals surface area contributed by atoms with E-state index in [1.165, 1.54) is 0 Å². The van der Waals surface area contributed by atoms with Gasteiger partial charge in [0.1, 0.15) is 5.69 Å². The highest BCUT2D eigenvalue weighted by Gasteiger charge is 2.30. The van der Waals surface area contributed by atoms with Gasteiger partial charge >= 0.3 is 0 Å². The van der Waals surface area contributed by atoms with E-state index in [2.05, 4.69) is 42.2 Å². The number of aliphatic hydroxyl groups is 1. The fourth-order valence-corrected chi connectivity index (χ4v) is 2.73. The zero-order chi connectivity index (χ0) is 11.2. The number of carbonyl (C=O) groups is 1. The minimum atomic E-state index is -0.633. The maximum Gasteiger partial charge on any atom is 0.268 e. The molecular weight excluding hydrogens is 328 g/mol. The zero-order valence-electron chi connectivity index (χ0n) is 7.97. The number of aromatic nitrogens is 1. The first-order valence-electron chi connectivity index (χ1n) is 4.56. The Morgan fingerprint density at radius 2 is 2.13 bits per heavy atom. The van der Waals surface area contributed by atoms with E-state index in [-0.39, 0.29) is 11.9 Å². The lowest BCUT2D eigenvalue weighted by Crippen LogP contribution is -2.31. The lowest BCUT2D eigenvalue weighted by Gasteiger charge is -2.12. The van der Waals surface area contributed by atoms with Crippen molar-refractivity contribution in [1.29, 1.82) is 0 Å². The monoisotopic (exact) mass is 336 g/mol. The molecule has 2 heterocycles. The molecule has 1 amide bonds. The molecule has 3 N–H and O–H groups in total. The molecule has 0 aromatic carbocycles. The second kappa shape index (κ2) is 3.92. The van der Waals surface area contributed by atoms with Crippen molar-refractivity contribution in [3.63, 3.8) is 0 Å². The lowest BCUT2D eigenvalue weighted by atomic mass is 10.1. The van der Waals surface area contributed by atoms with Gasteiger partial charge in [0.15, 0.2) is 0 Å². The van der Waals surface area contributed by atoms with Crippen LogP contribution < -0.4 is 5.32 Å². The summed E-state index contributed by atoms with van der Waals surface area (Å²) in [6.07, 6.45) is -0.118. The molecule has 0 radical (unpaired) electrons. The van der Waals surface area contributed by atoms with Crippen molar-refractivity contribution in [2.75, 3.05) is 0 Å². The number of amides is 1. The molecular formula is C9H10Br2N2O2. The molecule has 0 saturated carbocycles. The largest absolute Gasteiger partial charge is 0.388 e. The average Bonchev–Trinajstić information content (AvgIpc) is 2.37. The molecule has 2 atom stereocenters. The number of halogens is 2. The Labute approximate surface area is 104 Å². The summed E-state index contributed by atoms with van der Waals surface area (Å²) in [5, 5.41) is 12.8. The highest BCUT2D eigenvalue weighted by Crippen LogP contribution is 2.36. The molecule has 2 rings (SSSR count). The van der Waals surface area contributed by atoms with Crippen LogP contribution in [0.3, 0.4) is 0 Å². The van der Waals surface area contributed by atoms with Crippen LogP contribution in [0.15, 0.2) is 9.08 Å². The van der Waals surface area contributed by atoms with Crippen LogP contribution in [0.5, 0.6) is 0 Å². The predicted molar refractivity (Wildman–Crippen MR) is 62.7 cm³/mol. The van der Waals surface area contributed by atoms with E-state index in [9.17, 15) is 9.90 Å². The number of aromatic amines is 1. The molecule has 1 aromatic rings. The van der Waals surface area contributed by atoms with Crippen LogP contribution in [0.25, 0.3) is 0 Å². The molecule has 1 aromatic heterocycles. The lowest BCUT2D eigenvalue weighted by molar-refractivity contribution is 0.0934. The van der Waals surface area contributed by atoms with Gasteiger partial charge in [0.2, 0.25) is 0 Å². The van der Waals surface area contributed by atoms with Gasteiger partial charge in [-0.15, -0.1) is 0 Å². The number of nitrogens with one attached hydrogen (secondary N) is 2. The van der Waals surface area contributed by atoms with Crippen LogP contribution in [0, 0.1) is 0 Å². The van der Waals surface area contributed by atoms with Crippen molar-refractivity contribution < 1.29 is 9.90 Å². The van der Waals surface area contributed by atoms with Gasteiger partial charge in [-0.05, 0) is 45.2 Å². The summed E-state index contributed by atoms with van der Waals surface area (Å²) in [4.78, 5) is 14.6. The first-order valence-corrected chi connectivity index (χ1v) is 6.15. The van der Waals surface area contributed by atoms with Crippen molar-refractivity contribution in [3.05, 3.63) is 20.3 Å². The molecule has 2 unspecified atom stereocenters. The Morgan fingerprint density at radius 1 is 1.47 bits per heavy atom. The van der Waals surface area contributed by atoms with Gasteiger partial charge in [0, 0.05) is 11.6 Å². The zero-order valence-corrected chi connectivity index (χ0v) is 11.1. The topological polar surface area (TPSA) is 65.1 Å². The molecule has 0 fully saturated rings. The quantitative estimate of drug-likeness (QED) is 0.678. The predicted octanol–water partition coefficient (Wildman–Crippen LogP) is 2.10.